The largest absolute Gasteiger partial charge is 0.504 e. The third-order valence-corrected chi connectivity index (χ3v) is 1.98. The molecule has 0 amide bonds. The third-order valence-electron chi connectivity index (χ3n) is 1.33. The number of rotatable bonds is 1. The molecule has 0 saturated carbocycles. The van der Waals surface area contributed by atoms with Crippen molar-refractivity contribution in [1.82, 2.24) is 0 Å². The van der Waals surface area contributed by atoms with Crippen LogP contribution in [0, 0.1) is 5.82 Å². The monoisotopic (exact) mass is 234 g/mol. The normalized spacial score (nSPS) is 9.83. The van der Waals surface area contributed by atoms with E-state index in [0.717, 1.165) is 6.07 Å². The summed E-state index contributed by atoms with van der Waals surface area (Å²) in [6.45, 7) is 0. The van der Waals surface area contributed by atoms with E-state index in [4.69, 9.17) is 10.2 Å². The number of halogens is 2. The first-order chi connectivity index (χ1) is 5.57. The van der Waals surface area contributed by atoms with Crippen molar-refractivity contribution in [1.29, 1.82) is 0 Å². The van der Waals surface area contributed by atoms with Crippen LogP contribution >= 0.6 is 15.9 Å². The first-order valence-electron chi connectivity index (χ1n) is 2.93. The Morgan fingerprint density at radius 2 is 2.08 bits per heavy atom. The van der Waals surface area contributed by atoms with Crippen LogP contribution in [0.25, 0.3) is 0 Å². The Hall–Kier alpha value is -1.10. The number of hydrogen-bond donors (Lipinski definition) is 2. The van der Waals surface area contributed by atoms with Crippen LogP contribution in [-0.4, -0.2) is 16.5 Å². The SMILES string of the molecule is O=Cc1c(Br)cc(O)c(O)c1F. The van der Waals surface area contributed by atoms with Crippen LogP contribution in [0.2, 0.25) is 0 Å². The van der Waals surface area contributed by atoms with Gasteiger partial charge in [0.05, 0.1) is 5.56 Å². The average Bonchev–Trinajstić information content (AvgIpc) is 2.01. The fourth-order valence-electron chi connectivity index (χ4n) is 0.719. The van der Waals surface area contributed by atoms with Crippen molar-refractivity contribution in [2.24, 2.45) is 0 Å². The molecule has 0 unspecified atom stereocenters. The average molecular weight is 235 g/mol. The van der Waals surface area contributed by atoms with Gasteiger partial charge in [-0.2, -0.15) is 0 Å². The van der Waals surface area contributed by atoms with Gasteiger partial charge in [0.2, 0.25) is 0 Å². The fourth-order valence-corrected chi connectivity index (χ4v) is 1.20. The smallest absolute Gasteiger partial charge is 0.194 e. The van der Waals surface area contributed by atoms with Crippen LogP contribution < -0.4 is 0 Å². The molecule has 3 nitrogen and oxygen atoms in total. The molecule has 5 heteroatoms. The predicted molar refractivity (Wildman–Crippen MR) is 42.8 cm³/mol. The van der Waals surface area contributed by atoms with E-state index in [0.29, 0.717) is 0 Å². The second-order valence-electron chi connectivity index (χ2n) is 2.07. The van der Waals surface area contributed by atoms with Gasteiger partial charge in [0.1, 0.15) is 0 Å². The highest BCUT2D eigenvalue weighted by Crippen LogP contribution is 2.34. The Morgan fingerprint density at radius 1 is 1.50 bits per heavy atom. The summed E-state index contributed by atoms with van der Waals surface area (Å²) in [6, 6.07) is 1.04. The standard InChI is InChI=1S/C7H4BrFO3/c8-4-1-5(11)7(12)6(9)3(4)2-10/h1-2,11-12H. The number of benzene rings is 1. The zero-order valence-corrected chi connectivity index (χ0v) is 7.30. The Bertz CT molecular complexity index is 338. The van der Waals surface area contributed by atoms with Crippen molar-refractivity contribution in [3.8, 4) is 11.5 Å². The molecule has 0 radical (unpaired) electrons. The van der Waals surface area contributed by atoms with Gasteiger partial charge in [-0.3, -0.25) is 4.79 Å². The van der Waals surface area contributed by atoms with Crippen molar-refractivity contribution < 1.29 is 19.4 Å². The molecule has 1 aromatic carbocycles. The second-order valence-corrected chi connectivity index (χ2v) is 2.93. The molecule has 1 rings (SSSR count). The Balaban J connectivity index is 3.51. The molecule has 0 heterocycles. The molecule has 0 atom stereocenters. The first-order valence-corrected chi connectivity index (χ1v) is 3.72. The highest BCUT2D eigenvalue weighted by molar-refractivity contribution is 9.10. The summed E-state index contributed by atoms with van der Waals surface area (Å²) in [5.41, 5.74) is -0.315. The van der Waals surface area contributed by atoms with E-state index >= 15 is 0 Å². The molecular formula is C7H4BrFO3. The molecule has 0 spiro atoms. The highest BCUT2D eigenvalue weighted by atomic mass is 79.9. The van der Waals surface area contributed by atoms with Crippen LogP contribution in [-0.2, 0) is 0 Å². The molecule has 2 N–H and O–H groups in total. The quantitative estimate of drug-likeness (QED) is 0.576. The van der Waals surface area contributed by atoms with Crippen molar-refractivity contribution in [3.05, 3.63) is 21.9 Å². The van der Waals surface area contributed by atoms with E-state index in [1.54, 1.807) is 0 Å². The van der Waals surface area contributed by atoms with Gasteiger partial charge in [-0.15, -0.1) is 0 Å². The van der Waals surface area contributed by atoms with Crippen molar-refractivity contribution in [3.63, 3.8) is 0 Å². The number of phenols is 2. The molecule has 0 bridgehead atoms. The lowest BCUT2D eigenvalue weighted by Crippen LogP contribution is -1.90. The highest BCUT2D eigenvalue weighted by Gasteiger charge is 2.15. The Kier molecular flexibility index (Phi) is 2.32. The summed E-state index contributed by atoms with van der Waals surface area (Å²) >= 11 is 2.85. The lowest BCUT2D eigenvalue weighted by Gasteiger charge is -2.02. The van der Waals surface area contributed by atoms with Crippen molar-refractivity contribution >= 4 is 22.2 Å². The van der Waals surface area contributed by atoms with Gasteiger partial charge in [0.25, 0.3) is 0 Å². The molecule has 0 fully saturated rings. The molecule has 0 aromatic heterocycles. The van der Waals surface area contributed by atoms with Crippen LogP contribution in [0.5, 0.6) is 11.5 Å². The number of hydrogen-bond acceptors (Lipinski definition) is 3. The van der Waals surface area contributed by atoms with E-state index in [1.807, 2.05) is 0 Å². The number of aldehydes is 1. The van der Waals surface area contributed by atoms with E-state index in [2.05, 4.69) is 15.9 Å². The molecule has 64 valence electrons. The molecule has 0 saturated heterocycles. The molecule has 1 aromatic rings. The fraction of sp³-hybridized carbons (Fsp3) is 0. The summed E-state index contributed by atoms with van der Waals surface area (Å²) in [4.78, 5) is 10.2. The molecule has 0 aliphatic carbocycles. The van der Waals surface area contributed by atoms with Gasteiger partial charge in [0, 0.05) is 4.47 Å². The first kappa shape index (κ1) is 8.99. The number of phenolic OH excluding ortho intramolecular Hbond substituents is 2. The summed E-state index contributed by atoms with van der Waals surface area (Å²) in [5, 5.41) is 17.7. The number of carbonyl (C=O) groups is 1. The summed E-state index contributed by atoms with van der Waals surface area (Å²) < 4.78 is 13.0. The summed E-state index contributed by atoms with van der Waals surface area (Å²) in [5.74, 6) is -2.65. The maximum Gasteiger partial charge on any atom is 0.194 e. The number of aromatic hydroxyl groups is 2. The molecule has 12 heavy (non-hydrogen) atoms. The zero-order chi connectivity index (χ0) is 9.30. The molecule has 0 aliphatic heterocycles. The molecular weight excluding hydrogens is 231 g/mol. The Labute approximate surface area is 75.6 Å². The van der Waals surface area contributed by atoms with Gasteiger partial charge < -0.3 is 10.2 Å². The minimum Gasteiger partial charge on any atom is -0.504 e. The van der Waals surface area contributed by atoms with Crippen molar-refractivity contribution in [2.45, 2.75) is 0 Å². The van der Waals surface area contributed by atoms with E-state index in [-0.39, 0.29) is 16.3 Å². The minimum absolute atomic E-state index is 0.102. The van der Waals surface area contributed by atoms with Crippen LogP contribution in [0.15, 0.2) is 10.5 Å². The number of carbonyl (C=O) groups excluding carboxylic acids is 1. The molecule has 0 aliphatic rings. The van der Waals surface area contributed by atoms with Crippen molar-refractivity contribution in [2.75, 3.05) is 0 Å². The van der Waals surface area contributed by atoms with E-state index in [9.17, 15) is 9.18 Å². The Morgan fingerprint density at radius 3 is 2.58 bits per heavy atom. The van der Waals surface area contributed by atoms with Gasteiger partial charge in [-0.1, -0.05) is 0 Å². The van der Waals surface area contributed by atoms with E-state index < -0.39 is 17.3 Å². The lowest BCUT2D eigenvalue weighted by atomic mass is 10.2. The van der Waals surface area contributed by atoms with Gasteiger partial charge >= 0.3 is 0 Å². The van der Waals surface area contributed by atoms with E-state index in [1.165, 1.54) is 0 Å². The minimum atomic E-state index is -1.13. The predicted octanol–water partition coefficient (Wildman–Crippen LogP) is 1.81. The third kappa shape index (κ3) is 1.27. The zero-order valence-electron chi connectivity index (χ0n) is 5.71. The van der Waals surface area contributed by atoms with Crippen LogP contribution in [0.3, 0.4) is 0 Å². The topological polar surface area (TPSA) is 57.5 Å². The van der Waals surface area contributed by atoms with Gasteiger partial charge in [0.15, 0.2) is 23.6 Å². The maximum atomic E-state index is 12.9. The summed E-state index contributed by atoms with van der Waals surface area (Å²) in [7, 11) is 0. The van der Waals surface area contributed by atoms with Gasteiger partial charge in [-0.25, -0.2) is 4.39 Å². The summed E-state index contributed by atoms with van der Waals surface area (Å²) in [6.07, 6.45) is 0.249. The van der Waals surface area contributed by atoms with Crippen LogP contribution in [0.4, 0.5) is 4.39 Å². The van der Waals surface area contributed by atoms with Gasteiger partial charge in [-0.05, 0) is 22.0 Å². The maximum absolute atomic E-state index is 12.9. The van der Waals surface area contributed by atoms with Crippen LogP contribution in [0.1, 0.15) is 10.4 Å². The lowest BCUT2D eigenvalue weighted by molar-refractivity contribution is 0.111. The second kappa shape index (κ2) is 3.10.